The third-order valence-corrected chi connectivity index (χ3v) is 11.1. The summed E-state index contributed by atoms with van der Waals surface area (Å²) in [5.74, 6) is 2.75. The number of allylic oxidation sites excluding steroid dienone is 1. The summed E-state index contributed by atoms with van der Waals surface area (Å²) in [4.78, 5) is 32.5. The van der Waals surface area contributed by atoms with Crippen molar-refractivity contribution in [2.45, 2.75) is 78.2 Å². The van der Waals surface area contributed by atoms with E-state index in [1.54, 1.807) is 4.90 Å². The molecule has 8 heteroatoms. The zero-order valence-electron chi connectivity index (χ0n) is 23.9. The van der Waals surface area contributed by atoms with Gasteiger partial charge in [0.05, 0.1) is 25.0 Å². The Labute approximate surface area is 228 Å². The third kappa shape index (κ3) is 5.08. The Bertz CT molecular complexity index is 962. The standard InChI is InChI=1S/C30H48N4O4/c1-20(33-38-28(36)34(22-18-37-19-22)16-15-32-14-13-31-4)25-7-8-26-24-6-5-21-17-23(35)9-11-29(21,2)27(24)10-12-30(25,26)3/h17,22,24-27,31-32H,5-16,18-19H2,1-4H3/b33-20+/t24-,25+,26-,27-,29-,30+/m0/s1. The van der Waals surface area contributed by atoms with Crippen LogP contribution in [0.4, 0.5) is 4.79 Å². The van der Waals surface area contributed by atoms with Crippen molar-refractivity contribution in [3.05, 3.63) is 11.6 Å². The van der Waals surface area contributed by atoms with E-state index < -0.39 is 0 Å². The van der Waals surface area contributed by atoms with Crippen LogP contribution in [-0.2, 0) is 14.4 Å². The molecule has 0 unspecified atom stereocenters. The maximum absolute atomic E-state index is 13.0. The number of nitrogens with one attached hydrogen (secondary N) is 2. The van der Waals surface area contributed by atoms with Crippen molar-refractivity contribution in [2.24, 2.45) is 39.7 Å². The van der Waals surface area contributed by atoms with E-state index in [0.29, 0.717) is 62.2 Å². The second-order valence-corrected chi connectivity index (χ2v) is 13.0. The van der Waals surface area contributed by atoms with Crippen LogP contribution in [0.25, 0.3) is 0 Å². The number of amides is 1. The van der Waals surface area contributed by atoms with E-state index in [9.17, 15) is 9.59 Å². The number of hydrogen-bond acceptors (Lipinski definition) is 7. The maximum atomic E-state index is 13.0. The van der Waals surface area contributed by atoms with Crippen LogP contribution in [0.3, 0.4) is 0 Å². The Kier molecular flexibility index (Phi) is 8.32. The number of ether oxygens (including phenoxy) is 1. The van der Waals surface area contributed by atoms with E-state index in [-0.39, 0.29) is 23.0 Å². The van der Waals surface area contributed by atoms with Gasteiger partial charge >= 0.3 is 6.09 Å². The van der Waals surface area contributed by atoms with E-state index in [0.717, 1.165) is 38.1 Å². The fourth-order valence-electron chi connectivity index (χ4n) is 8.84. The summed E-state index contributed by atoms with van der Waals surface area (Å²) in [7, 11) is 1.93. The van der Waals surface area contributed by atoms with Gasteiger partial charge in [-0.25, -0.2) is 4.79 Å². The van der Waals surface area contributed by atoms with Crippen molar-refractivity contribution in [1.82, 2.24) is 15.5 Å². The van der Waals surface area contributed by atoms with Crippen molar-refractivity contribution < 1.29 is 19.2 Å². The van der Waals surface area contributed by atoms with Gasteiger partial charge in [-0.3, -0.25) is 14.5 Å². The van der Waals surface area contributed by atoms with Gasteiger partial charge in [-0.2, -0.15) is 0 Å². The van der Waals surface area contributed by atoms with Gasteiger partial charge in [0.1, 0.15) is 0 Å². The normalized spacial score (nSPS) is 37.0. The second-order valence-electron chi connectivity index (χ2n) is 13.0. The number of hydrogen-bond donors (Lipinski definition) is 2. The first kappa shape index (κ1) is 27.8. The van der Waals surface area contributed by atoms with Crippen molar-refractivity contribution >= 4 is 17.6 Å². The predicted octanol–water partition coefficient (Wildman–Crippen LogP) is 4.16. The number of fused-ring (bicyclic) bond motifs is 5. The molecule has 8 nitrogen and oxygen atoms in total. The average Bonchev–Trinajstić information content (AvgIpc) is 3.23. The minimum Gasteiger partial charge on any atom is -0.377 e. The molecule has 0 aromatic carbocycles. The summed E-state index contributed by atoms with van der Waals surface area (Å²) >= 11 is 0. The monoisotopic (exact) mass is 528 g/mol. The van der Waals surface area contributed by atoms with Gasteiger partial charge in [0, 0.05) is 38.5 Å². The molecular formula is C30H48N4O4. The molecule has 5 rings (SSSR count). The number of nitrogens with zero attached hydrogens (tertiary/aromatic N) is 2. The number of oxime groups is 1. The summed E-state index contributed by atoms with van der Waals surface area (Å²) < 4.78 is 5.34. The fraction of sp³-hybridized carbons (Fsp3) is 0.833. The minimum absolute atomic E-state index is 0.0643. The predicted molar refractivity (Wildman–Crippen MR) is 148 cm³/mol. The molecule has 6 atom stereocenters. The molecule has 4 fully saturated rings. The molecule has 0 aromatic rings. The Morgan fingerprint density at radius 2 is 1.92 bits per heavy atom. The largest absolute Gasteiger partial charge is 0.436 e. The van der Waals surface area contributed by atoms with Crippen LogP contribution in [0, 0.1) is 34.5 Å². The van der Waals surface area contributed by atoms with E-state index >= 15 is 0 Å². The first-order valence-electron chi connectivity index (χ1n) is 15.0. The lowest BCUT2D eigenvalue weighted by Gasteiger charge is -2.58. The highest BCUT2D eigenvalue weighted by Crippen LogP contribution is 2.66. The van der Waals surface area contributed by atoms with Gasteiger partial charge in [-0.15, -0.1) is 0 Å². The van der Waals surface area contributed by atoms with Crippen LogP contribution < -0.4 is 10.6 Å². The molecule has 0 aromatic heterocycles. The van der Waals surface area contributed by atoms with Gasteiger partial charge in [0.25, 0.3) is 0 Å². The van der Waals surface area contributed by atoms with Gasteiger partial charge in [0.15, 0.2) is 5.78 Å². The average molecular weight is 529 g/mol. The van der Waals surface area contributed by atoms with E-state index in [4.69, 9.17) is 9.57 Å². The molecule has 212 valence electrons. The number of carbonyl (C=O) groups excluding carboxylic acids is 2. The van der Waals surface area contributed by atoms with E-state index in [1.165, 1.54) is 31.3 Å². The lowest BCUT2D eigenvalue weighted by molar-refractivity contribution is -0.117. The van der Waals surface area contributed by atoms with Gasteiger partial charge in [-0.1, -0.05) is 24.6 Å². The summed E-state index contributed by atoms with van der Waals surface area (Å²) in [6, 6.07) is 0.0643. The quantitative estimate of drug-likeness (QED) is 0.202. The molecule has 4 aliphatic carbocycles. The molecular weight excluding hydrogens is 480 g/mol. The van der Waals surface area contributed by atoms with Crippen LogP contribution in [-0.4, -0.2) is 75.0 Å². The summed E-state index contributed by atoms with van der Waals surface area (Å²) in [6.45, 7) is 11.1. The summed E-state index contributed by atoms with van der Waals surface area (Å²) in [6.07, 6.45) is 10.4. The van der Waals surface area contributed by atoms with Gasteiger partial charge in [0.2, 0.25) is 0 Å². The summed E-state index contributed by atoms with van der Waals surface area (Å²) in [5.41, 5.74) is 2.79. The molecule has 1 aliphatic heterocycles. The lowest BCUT2D eigenvalue weighted by atomic mass is 9.46. The van der Waals surface area contributed by atoms with Gasteiger partial charge in [-0.05, 0) is 93.6 Å². The lowest BCUT2D eigenvalue weighted by Crippen LogP contribution is -2.53. The third-order valence-electron chi connectivity index (χ3n) is 11.1. The maximum Gasteiger partial charge on any atom is 0.436 e. The molecule has 0 radical (unpaired) electrons. The highest BCUT2D eigenvalue weighted by atomic mass is 16.7. The molecule has 0 bridgehead atoms. The first-order valence-corrected chi connectivity index (χ1v) is 15.0. The Morgan fingerprint density at radius 3 is 2.66 bits per heavy atom. The van der Waals surface area contributed by atoms with Crippen molar-refractivity contribution in [1.29, 1.82) is 0 Å². The topological polar surface area (TPSA) is 92.3 Å². The molecule has 5 aliphatic rings. The zero-order valence-corrected chi connectivity index (χ0v) is 23.9. The van der Waals surface area contributed by atoms with Crippen LogP contribution >= 0.6 is 0 Å². The van der Waals surface area contributed by atoms with Crippen molar-refractivity contribution in [3.63, 3.8) is 0 Å². The Morgan fingerprint density at radius 1 is 1.11 bits per heavy atom. The van der Waals surface area contributed by atoms with Crippen LogP contribution in [0.15, 0.2) is 16.8 Å². The number of carbonyl (C=O) groups is 2. The molecule has 1 heterocycles. The SMILES string of the molecule is CNCCNCCN(C(=O)O/N=C(\C)[C@H]1CC[C@H]2[C@@H]3CCC4=CC(=O)CC[C@]4(C)[C@H]3CC[C@]12C)C1COC1. The molecule has 38 heavy (non-hydrogen) atoms. The van der Waals surface area contributed by atoms with Crippen molar-refractivity contribution in [3.8, 4) is 0 Å². The molecule has 1 amide bonds. The highest BCUT2D eigenvalue weighted by Gasteiger charge is 2.59. The van der Waals surface area contributed by atoms with Gasteiger partial charge < -0.3 is 15.4 Å². The smallest absolute Gasteiger partial charge is 0.377 e. The van der Waals surface area contributed by atoms with E-state index in [2.05, 4.69) is 36.6 Å². The van der Waals surface area contributed by atoms with E-state index in [1.807, 2.05) is 13.1 Å². The summed E-state index contributed by atoms with van der Waals surface area (Å²) in [5, 5.41) is 10.9. The Balaban J connectivity index is 1.22. The Hall–Kier alpha value is -1.77. The highest BCUT2D eigenvalue weighted by molar-refractivity contribution is 5.91. The first-order chi connectivity index (χ1) is 18.3. The minimum atomic E-state index is -0.372. The number of rotatable bonds is 9. The molecule has 0 spiro atoms. The van der Waals surface area contributed by atoms with Crippen LogP contribution in [0.2, 0.25) is 0 Å². The molecule has 2 N–H and O–H groups in total. The molecule has 1 saturated heterocycles. The number of ketones is 1. The van der Waals surface area contributed by atoms with Crippen molar-refractivity contribution in [2.75, 3.05) is 46.4 Å². The zero-order chi connectivity index (χ0) is 26.9. The fourth-order valence-corrected chi connectivity index (χ4v) is 8.84. The second kappa shape index (κ2) is 11.4. The number of likely N-dealkylation sites (N-methyl/N-ethyl adjacent to an activating group) is 1. The molecule has 3 saturated carbocycles. The van der Waals surface area contributed by atoms with Crippen LogP contribution in [0.1, 0.15) is 72.1 Å². The van der Waals surface area contributed by atoms with Crippen LogP contribution in [0.5, 0.6) is 0 Å².